The van der Waals surface area contributed by atoms with Gasteiger partial charge in [0.15, 0.2) is 0 Å². The molecule has 0 radical (unpaired) electrons. The molecule has 120 valence electrons. The molecule has 1 aliphatic heterocycles. The lowest BCUT2D eigenvalue weighted by Gasteiger charge is -2.29. The lowest BCUT2D eigenvalue weighted by atomic mass is 9.96. The number of aliphatic carboxylic acids is 1. The Morgan fingerprint density at radius 1 is 1.14 bits per heavy atom. The number of carbonyl (C=O) groups excluding carboxylic acids is 1. The molecule has 0 saturated carbocycles. The second-order valence-corrected chi connectivity index (χ2v) is 5.93. The lowest BCUT2D eigenvalue weighted by Crippen LogP contribution is -2.38. The monoisotopic (exact) mass is 304 g/mol. The van der Waals surface area contributed by atoms with Crippen molar-refractivity contribution in [2.24, 2.45) is 0 Å². The zero-order chi connectivity index (χ0) is 16.3. The average molecular weight is 304 g/mol. The predicted octanol–water partition coefficient (Wildman–Crippen LogP) is 1.98. The molecule has 5 nitrogen and oxygen atoms in total. The highest BCUT2D eigenvalue weighted by atomic mass is 16.4. The molecule has 0 unspecified atom stereocenters. The first-order chi connectivity index (χ1) is 10.4. The molecule has 0 spiro atoms. The first-order valence-corrected chi connectivity index (χ1v) is 7.70. The molecule has 1 fully saturated rings. The second kappa shape index (κ2) is 6.92. The molecule has 1 aliphatic rings. The summed E-state index contributed by atoms with van der Waals surface area (Å²) in [5.74, 6) is -0.773. The number of hydrogen-bond acceptors (Lipinski definition) is 3. The highest BCUT2D eigenvalue weighted by Gasteiger charge is 2.30. The number of aryl methyl sites for hydroxylation is 1. The molecular weight excluding hydrogens is 280 g/mol. The molecule has 1 saturated heterocycles. The molecule has 5 heteroatoms. The van der Waals surface area contributed by atoms with Crippen molar-refractivity contribution >= 4 is 11.9 Å². The van der Waals surface area contributed by atoms with E-state index in [0.717, 1.165) is 23.1 Å². The summed E-state index contributed by atoms with van der Waals surface area (Å²) in [5.41, 5.74) is 2.98. The van der Waals surface area contributed by atoms with Crippen LogP contribution in [0.4, 0.5) is 0 Å². The Morgan fingerprint density at radius 2 is 1.86 bits per heavy atom. The van der Waals surface area contributed by atoms with E-state index in [-0.39, 0.29) is 5.91 Å². The molecule has 1 aromatic rings. The van der Waals surface area contributed by atoms with Gasteiger partial charge in [0.2, 0.25) is 5.91 Å². The third kappa shape index (κ3) is 3.47. The van der Waals surface area contributed by atoms with Crippen molar-refractivity contribution in [3.05, 3.63) is 34.9 Å². The van der Waals surface area contributed by atoms with E-state index in [1.54, 1.807) is 11.8 Å². The minimum atomic E-state index is -0.829. The molecular formula is C17H24N2O3. The quantitative estimate of drug-likeness (QED) is 0.927. The first-order valence-electron chi connectivity index (χ1n) is 7.70. The molecule has 0 bridgehead atoms. The van der Waals surface area contributed by atoms with Gasteiger partial charge in [0, 0.05) is 33.1 Å². The number of carboxylic acids is 1. The predicted molar refractivity (Wildman–Crippen MR) is 84.7 cm³/mol. The van der Waals surface area contributed by atoms with Crippen LogP contribution in [0, 0.1) is 13.8 Å². The van der Waals surface area contributed by atoms with Crippen LogP contribution in [0.1, 0.15) is 36.1 Å². The van der Waals surface area contributed by atoms with Crippen molar-refractivity contribution in [1.82, 2.24) is 9.80 Å². The van der Waals surface area contributed by atoms with Crippen molar-refractivity contribution in [3.8, 4) is 0 Å². The van der Waals surface area contributed by atoms with Gasteiger partial charge in [-0.05, 0) is 37.0 Å². The van der Waals surface area contributed by atoms with E-state index < -0.39 is 12.0 Å². The molecule has 0 aromatic heterocycles. The fourth-order valence-electron chi connectivity index (χ4n) is 3.07. The maximum absolute atomic E-state index is 11.9. The van der Waals surface area contributed by atoms with E-state index in [9.17, 15) is 14.7 Å². The van der Waals surface area contributed by atoms with Gasteiger partial charge in [0.05, 0.1) is 0 Å². The first kappa shape index (κ1) is 16.5. The van der Waals surface area contributed by atoms with Gasteiger partial charge < -0.3 is 10.0 Å². The van der Waals surface area contributed by atoms with Gasteiger partial charge in [-0.3, -0.25) is 14.5 Å². The van der Waals surface area contributed by atoms with E-state index in [2.05, 4.69) is 0 Å². The van der Waals surface area contributed by atoms with Crippen molar-refractivity contribution in [2.45, 2.75) is 33.2 Å². The van der Waals surface area contributed by atoms with E-state index in [1.165, 1.54) is 0 Å². The SMILES string of the molecule is CC(=O)N1CCCN([C@H](C(=O)O)c2cccc(C)c2C)CC1. The fraction of sp³-hybridized carbons (Fsp3) is 0.529. The van der Waals surface area contributed by atoms with Crippen LogP contribution in [-0.4, -0.2) is 53.0 Å². The van der Waals surface area contributed by atoms with Gasteiger partial charge in [0.25, 0.3) is 0 Å². The van der Waals surface area contributed by atoms with E-state index >= 15 is 0 Å². The average Bonchev–Trinajstić information content (AvgIpc) is 2.69. The third-order valence-electron chi connectivity index (χ3n) is 4.52. The van der Waals surface area contributed by atoms with Crippen molar-refractivity contribution in [2.75, 3.05) is 26.2 Å². The Bertz CT molecular complexity index is 571. The summed E-state index contributed by atoms with van der Waals surface area (Å²) in [6.07, 6.45) is 0.800. The number of amides is 1. The molecule has 1 heterocycles. The molecule has 1 N–H and O–H groups in total. The normalized spacial score (nSPS) is 17.9. The van der Waals surface area contributed by atoms with Crippen LogP contribution >= 0.6 is 0 Å². The van der Waals surface area contributed by atoms with Gasteiger partial charge in [0.1, 0.15) is 6.04 Å². The van der Waals surface area contributed by atoms with Crippen LogP contribution in [0.15, 0.2) is 18.2 Å². The van der Waals surface area contributed by atoms with Crippen LogP contribution in [-0.2, 0) is 9.59 Å². The van der Waals surface area contributed by atoms with Gasteiger partial charge in [-0.2, -0.15) is 0 Å². The second-order valence-electron chi connectivity index (χ2n) is 5.93. The molecule has 1 aromatic carbocycles. The standard InChI is InChI=1S/C17H24N2O3/c1-12-6-4-7-15(13(12)2)16(17(21)22)19-9-5-8-18(10-11-19)14(3)20/h4,6-7,16H,5,8-11H2,1-3H3,(H,21,22)/t16-/m0/s1. The number of carboxylic acid groups (broad SMARTS) is 1. The number of nitrogens with zero attached hydrogens (tertiary/aromatic N) is 2. The fourth-order valence-corrected chi connectivity index (χ4v) is 3.07. The molecule has 0 aliphatic carbocycles. The van der Waals surface area contributed by atoms with Gasteiger partial charge >= 0.3 is 5.97 Å². The molecule has 1 amide bonds. The van der Waals surface area contributed by atoms with E-state index in [0.29, 0.717) is 26.2 Å². The lowest BCUT2D eigenvalue weighted by molar-refractivity contribution is -0.143. The van der Waals surface area contributed by atoms with Crippen LogP contribution in [0.2, 0.25) is 0 Å². The summed E-state index contributed by atoms with van der Waals surface area (Å²) >= 11 is 0. The number of carbonyl (C=O) groups is 2. The summed E-state index contributed by atoms with van der Waals surface area (Å²) in [4.78, 5) is 27.2. The summed E-state index contributed by atoms with van der Waals surface area (Å²) in [7, 11) is 0. The molecule has 2 rings (SSSR count). The maximum atomic E-state index is 11.9. The summed E-state index contributed by atoms with van der Waals surface area (Å²) in [5, 5.41) is 9.74. The van der Waals surface area contributed by atoms with E-state index in [1.807, 2.05) is 36.9 Å². The van der Waals surface area contributed by atoms with Crippen molar-refractivity contribution < 1.29 is 14.7 Å². The third-order valence-corrected chi connectivity index (χ3v) is 4.52. The zero-order valence-electron chi connectivity index (χ0n) is 13.5. The molecule has 1 atom stereocenters. The van der Waals surface area contributed by atoms with E-state index in [4.69, 9.17) is 0 Å². The number of benzene rings is 1. The Hall–Kier alpha value is -1.88. The Labute approximate surface area is 131 Å². The van der Waals surface area contributed by atoms with Crippen LogP contribution in [0.25, 0.3) is 0 Å². The Balaban J connectivity index is 2.27. The topological polar surface area (TPSA) is 60.9 Å². The van der Waals surface area contributed by atoms with Crippen LogP contribution in [0.3, 0.4) is 0 Å². The van der Waals surface area contributed by atoms with Gasteiger partial charge in [-0.25, -0.2) is 0 Å². The van der Waals surface area contributed by atoms with Crippen molar-refractivity contribution in [3.63, 3.8) is 0 Å². The smallest absolute Gasteiger partial charge is 0.325 e. The number of hydrogen-bond donors (Lipinski definition) is 1. The summed E-state index contributed by atoms with van der Waals surface area (Å²) in [6.45, 7) is 8.10. The largest absolute Gasteiger partial charge is 0.480 e. The van der Waals surface area contributed by atoms with Crippen LogP contribution in [0.5, 0.6) is 0 Å². The maximum Gasteiger partial charge on any atom is 0.325 e. The Morgan fingerprint density at radius 3 is 2.50 bits per heavy atom. The zero-order valence-corrected chi connectivity index (χ0v) is 13.5. The van der Waals surface area contributed by atoms with Gasteiger partial charge in [-0.1, -0.05) is 18.2 Å². The minimum absolute atomic E-state index is 0.0560. The Kier molecular flexibility index (Phi) is 5.19. The highest BCUT2D eigenvalue weighted by Crippen LogP contribution is 2.27. The van der Waals surface area contributed by atoms with Crippen LogP contribution < -0.4 is 0 Å². The highest BCUT2D eigenvalue weighted by molar-refractivity contribution is 5.76. The molecule has 22 heavy (non-hydrogen) atoms. The summed E-state index contributed by atoms with van der Waals surface area (Å²) in [6, 6.07) is 5.16. The van der Waals surface area contributed by atoms with Crippen molar-refractivity contribution in [1.29, 1.82) is 0 Å². The minimum Gasteiger partial charge on any atom is -0.480 e. The van der Waals surface area contributed by atoms with Gasteiger partial charge in [-0.15, -0.1) is 0 Å². The summed E-state index contributed by atoms with van der Waals surface area (Å²) < 4.78 is 0. The number of rotatable bonds is 3.